The first-order chi connectivity index (χ1) is 15.0. The van der Waals surface area contributed by atoms with Crippen LogP contribution >= 0.6 is 23.2 Å². The number of halogens is 2. The zero-order valence-corrected chi connectivity index (χ0v) is 18.7. The van der Waals surface area contributed by atoms with Crippen LogP contribution in [0, 0.1) is 5.92 Å². The Bertz CT molecular complexity index is 1080. The van der Waals surface area contributed by atoms with Gasteiger partial charge >= 0.3 is 5.97 Å². The summed E-state index contributed by atoms with van der Waals surface area (Å²) in [7, 11) is 0. The van der Waals surface area contributed by atoms with Crippen LogP contribution < -0.4 is 0 Å². The van der Waals surface area contributed by atoms with E-state index in [0.29, 0.717) is 34.2 Å². The number of esters is 1. The maximum Gasteiger partial charge on any atom is 0.315 e. The number of aliphatic imine (C=N–C) groups is 1. The average molecular weight is 456 g/mol. The number of benzene rings is 2. The molecule has 2 atom stereocenters. The second-order valence-electron chi connectivity index (χ2n) is 7.92. The minimum Gasteiger partial charge on any atom is -0.465 e. The van der Waals surface area contributed by atoms with Crippen LogP contribution in [0.2, 0.25) is 10.0 Å². The first-order valence-corrected chi connectivity index (χ1v) is 11.2. The number of ketones is 1. The molecule has 2 aliphatic rings. The molecule has 1 aliphatic carbocycles. The van der Waals surface area contributed by atoms with Crippen LogP contribution in [0.4, 0.5) is 0 Å². The van der Waals surface area contributed by atoms with Gasteiger partial charge in [0.1, 0.15) is 5.92 Å². The van der Waals surface area contributed by atoms with Crippen molar-refractivity contribution in [1.82, 2.24) is 0 Å². The Morgan fingerprint density at radius 1 is 1.10 bits per heavy atom. The fourth-order valence-corrected chi connectivity index (χ4v) is 4.69. The van der Waals surface area contributed by atoms with Crippen molar-refractivity contribution in [3.05, 3.63) is 81.0 Å². The van der Waals surface area contributed by atoms with Gasteiger partial charge in [0.25, 0.3) is 0 Å². The highest BCUT2D eigenvalue weighted by Gasteiger charge is 2.43. The number of rotatable bonds is 5. The van der Waals surface area contributed by atoms with Gasteiger partial charge in [-0.05, 0) is 43.0 Å². The Hall–Kier alpha value is -2.43. The van der Waals surface area contributed by atoms with Crippen molar-refractivity contribution < 1.29 is 14.3 Å². The van der Waals surface area contributed by atoms with Gasteiger partial charge in [0, 0.05) is 35.7 Å². The second-order valence-corrected chi connectivity index (χ2v) is 8.74. The van der Waals surface area contributed by atoms with Gasteiger partial charge in [-0.15, -0.1) is 0 Å². The predicted molar refractivity (Wildman–Crippen MR) is 123 cm³/mol. The van der Waals surface area contributed by atoms with Crippen molar-refractivity contribution >= 4 is 40.7 Å². The van der Waals surface area contributed by atoms with Crippen LogP contribution in [0.25, 0.3) is 0 Å². The number of hydrogen-bond acceptors (Lipinski definition) is 4. The average Bonchev–Trinajstić information content (AvgIpc) is 2.75. The molecule has 0 amide bonds. The Morgan fingerprint density at radius 3 is 2.61 bits per heavy atom. The van der Waals surface area contributed by atoms with Gasteiger partial charge in [0.15, 0.2) is 5.78 Å². The van der Waals surface area contributed by atoms with Crippen molar-refractivity contribution in [2.24, 2.45) is 10.9 Å². The summed E-state index contributed by atoms with van der Waals surface area (Å²) >= 11 is 12.4. The van der Waals surface area contributed by atoms with Crippen molar-refractivity contribution in [3.8, 4) is 0 Å². The lowest BCUT2D eigenvalue weighted by atomic mass is 9.72. The summed E-state index contributed by atoms with van der Waals surface area (Å²) in [5.41, 5.74) is 3.92. The summed E-state index contributed by atoms with van der Waals surface area (Å²) in [5.74, 6) is -1.48. The number of ether oxygens (including phenoxy) is 1. The van der Waals surface area contributed by atoms with E-state index in [2.05, 4.69) is 4.99 Å². The predicted octanol–water partition coefficient (Wildman–Crippen LogP) is 5.96. The topological polar surface area (TPSA) is 55.7 Å². The van der Waals surface area contributed by atoms with E-state index in [4.69, 9.17) is 27.9 Å². The molecule has 1 aliphatic heterocycles. The van der Waals surface area contributed by atoms with Crippen LogP contribution in [0.3, 0.4) is 0 Å². The number of carbonyl (C=O) groups excluding carboxylic acids is 2. The van der Waals surface area contributed by atoms with E-state index >= 15 is 0 Å². The van der Waals surface area contributed by atoms with Crippen LogP contribution in [0.15, 0.2) is 64.8 Å². The van der Waals surface area contributed by atoms with Gasteiger partial charge in [-0.2, -0.15) is 0 Å². The molecule has 0 N–H and O–H groups in total. The molecule has 0 radical (unpaired) electrons. The van der Waals surface area contributed by atoms with Gasteiger partial charge < -0.3 is 4.74 Å². The summed E-state index contributed by atoms with van der Waals surface area (Å²) < 4.78 is 5.66. The number of nitrogens with zero attached hydrogens (tertiary/aromatic N) is 1. The quantitative estimate of drug-likeness (QED) is 0.522. The molecule has 4 nitrogen and oxygen atoms in total. The van der Waals surface area contributed by atoms with Crippen molar-refractivity contribution in [1.29, 1.82) is 0 Å². The molecule has 0 saturated carbocycles. The summed E-state index contributed by atoms with van der Waals surface area (Å²) in [5, 5.41) is 0.818. The molecule has 6 heteroatoms. The zero-order chi connectivity index (χ0) is 22.0. The van der Waals surface area contributed by atoms with Crippen LogP contribution in [-0.2, 0) is 20.7 Å². The summed E-state index contributed by atoms with van der Waals surface area (Å²) in [6.45, 7) is 2.09. The van der Waals surface area contributed by atoms with Crippen LogP contribution in [0.5, 0.6) is 0 Å². The van der Waals surface area contributed by atoms with Gasteiger partial charge in [0.05, 0.1) is 16.7 Å². The van der Waals surface area contributed by atoms with Crippen molar-refractivity contribution in [2.75, 3.05) is 6.61 Å². The molecule has 0 bridgehead atoms. The lowest BCUT2D eigenvalue weighted by Crippen LogP contribution is -2.37. The third-order valence-electron chi connectivity index (χ3n) is 5.87. The summed E-state index contributed by atoms with van der Waals surface area (Å²) in [4.78, 5) is 30.8. The molecule has 1 unspecified atom stereocenters. The standard InChI is InChI=1S/C25H23Cl2NO3/c1-15-22(25(30)31-13-12-16-6-3-2-4-7-16)23(17-10-11-18(26)19(27)14-17)24-20(28-15)8-5-9-21(24)29/h2-4,6-7,10-11,14,22-23H,5,8-9,12-13H2,1H3/t22?,23-/m0/s1. The molecule has 4 rings (SSSR count). The fraction of sp³-hybridized carbons (Fsp3) is 0.320. The van der Waals surface area contributed by atoms with Crippen LogP contribution in [-0.4, -0.2) is 24.1 Å². The molecule has 31 heavy (non-hydrogen) atoms. The lowest BCUT2D eigenvalue weighted by molar-refractivity contribution is -0.146. The lowest BCUT2D eigenvalue weighted by Gasteiger charge is -2.34. The molecule has 0 spiro atoms. The van der Waals surface area contributed by atoms with Crippen molar-refractivity contribution in [3.63, 3.8) is 0 Å². The number of allylic oxidation sites excluding steroid dienone is 2. The molecular formula is C25H23Cl2NO3. The molecule has 2 aromatic rings. The van der Waals surface area contributed by atoms with Gasteiger partial charge in [-0.1, -0.05) is 59.6 Å². The first kappa shape index (κ1) is 21.8. The highest BCUT2D eigenvalue weighted by atomic mass is 35.5. The van der Waals surface area contributed by atoms with E-state index in [9.17, 15) is 9.59 Å². The minimum atomic E-state index is -0.672. The summed E-state index contributed by atoms with van der Waals surface area (Å²) in [6.07, 6.45) is 2.58. The van der Waals surface area contributed by atoms with E-state index in [1.54, 1.807) is 12.1 Å². The third kappa shape index (κ3) is 4.60. The Morgan fingerprint density at radius 2 is 1.87 bits per heavy atom. The van der Waals surface area contributed by atoms with E-state index in [1.165, 1.54) is 0 Å². The van der Waals surface area contributed by atoms with Gasteiger partial charge in [-0.25, -0.2) is 0 Å². The third-order valence-corrected chi connectivity index (χ3v) is 6.61. The van der Waals surface area contributed by atoms with Crippen LogP contribution in [0.1, 0.15) is 43.2 Å². The maximum absolute atomic E-state index is 13.2. The Labute approximate surface area is 191 Å². The molecule has 0 saturated heterocycles. The number of carbonyl (C=O) groups is 2. The molecule has 160 valence electrons. The van der Waals surface area contributed by atoms with E-state index in [1.807, 2.05) is 43.3 Å². The Kier molecular flexibility index (Phi) is 6.59. The normalized spacial score (nSPS) is 20.9. The summed E-state index contributed by atoms with van der Waals surface area (Å²) in [6, 6.07) is 15.1. The molecule has 2 aromatic carbocycles. The highest BCUT2D eigenvalue weighted by Crippen LogP contribution is 2.44. The minimum absolute atomic E-state index is 0.0376. The molecule has 0 fully saturated rings. The van der Waals surface area contributed by atoms with Crippen molar-refractivity contribution in [2.45, 2.75) is 38.5 Å². The SMILES string of the molecule is CC1=NC2=C(C(=O)CCC2)[C@@H](c2ccc(Cl)c(Cl)c2)C1C(=O)OCCc1ccccc1. The zero-order valence-electron chi connectivity index (χ0n) is 17.2. The first-order valence-electron chi connectivity index (χ1n) is 10.4. The highest BCUT2D eigenvalue weighted by molar-refractivity contribution is 6.42. The second kappa shape index (κ2) is 9.37. The molecule has 1 heterocycles. The van der Waals surface area contributed by atoms with E-state index < -0.39 is 11.8 Å². The van der Waals surface area contributed by atoms with E-state index in [-0.39, 0.29) is 18.4 Å². The van der Waals surface area contributed by atoms with Gasteiger partial charge in [0.2, 0.25) is 0 Å². The molecule has 0 aromatic heterocycles. The number of hydrogen-bond donors (Lipinski definition) is 0. The molecular weight excluding hydrogens is 433 g/mol. The monoisotopic (exact) mass is 455 g/mol. The van der Waals surface area contributed by atoms with E-state index in [0.717, 1.165) is 29.7 Å². The maximum atomic E-state index is 13.2. The number of Topliss-reactive ketones (excluding diaryl/α,β-unsaturated/α-hetero) is 1. The van der Waals surface area contributed by atoms with Gasteiger partial charge in [-0.3, -0.25) is 14.6 Å². The fourth-order valence-electron chi connectivity index (χ4n) is 4.38. The Balaban J connectivity index is 1.64. The largest absolute Gasteiger partial charge is 0.465 e. The smallest absolute Gasteiger partial charge is 0.315 e.